The van der Waals surface area contributed by atoms with Gasteiger partial charge in [-0.05, 0) is 62.9 Å². The van der Waals surface area contributed by atoms with Gasteiger partial charge in [0.25, 0.3) is 0 Å². The molecule has 0 heterocycles. The first-order valence-electron chi connectivity index (χ1n) is 9.34. The zero-order chi connectivity index (χ0) is 17.6. The molecule has 0 amide bonds. The second-order valence-corrected chi connectivity index (χ2v) is 6.69. The summed E-state index contributed by atoms with van der Waals surface area (Å²) >= 11 is 0. The van der Waals surface area contributed by atoms with E-state index in [1.165, 1.54) is 12.8 Å². The van der Waals surface area contributed by atoms with Crippen molar-refractivity contribution < 1.29 is 15.0 Å². The first-order chi connectivity index (χ1) is 11.6. The van der Waals surface area contributed by atoms with E-state index in [0.717, 1.165) is 56.8 Å². The summed E-state index contributed by atoms with van der Waals surface area (Å²) in [6.45, 7) is 2.15. The number of allylic oxidation sites excluding steroid dienone is 4. The number of aliphatic hydroxyl groups is 1. The van der Waals surface area contributed by atoms with Gasteiger partial charge in [0.05, 0.1) is 0 Å². The molecular weight excluding hydrogens is 300 g/mol. The van der Waals surface area contributed by atoms with Gasteiger partial charge in [0, 0.05) is 6.42 Å². The molecule has 0 aromatic rings. The lowest BCUT2D eigenvalue weighted by Gasteiger charge is -2.00. The number of carboxylic acids is 1. The van der Waals surface area contributed by atoms with Crippen LogP contribution in [0.1, 0.15) is 71.1 Å². The Morgan fingerprint density at radius 1 is 1.17 bits per heavy atom. The van der Waals surface area contributed by atoms with Gasteiger partial charge >= 0.3 is 5.97 Å². The quantitative estimate of drug-likeness (QED) is 0.309. The van der Waals surface area contributed by atoms with Crippen LogP contribution in [0, 0.1) is 23.7 Å². The average molecular weight is 332 g/mol. The molecule has 1 aliphatic carbocycles. The summed E-state index contributed by atoms with van der Waals surface area (Å²) in [4.78, 5) is 10.4. The lowest BCUT2D eigenvalue weighted by atomic mass is 10.1. The molecule has 0 saturated heterocycles. The first kappa shape index (κ1) is 20.5. The number of hydrogen-bond acceptors (Lipinski definition) is 2. The molecule has 134 valence electrons. The van der Waals surface area contributed by atoms with Crippen LogP contribution in [-0.2, 0) is 4.79 Å². The first-order valence-corrected chi connectivity index (χ1v) is 9.34. The summed E-state index contributed by atoms with van der Waals surface area (Å²) in [6, 6.07) is 0. The lowest BCUT2D eigenvalue weighted by molar-refractivity contribution is -0.137. The SMILES string of the molecule is CCCCC[C@@H](O)C#C/C=C\C[C@H]1C[C@H]1C/C=C\CCCC(=O)O. The van der Waals surface area contributed by atoms with E-state index in [-0.39, 0.29) is 6.42 Å². The predicted octanol–water partition coefficient (Wildman–Crippen LogP) is 4.71. The van der Waals surface area contributed by atoms with Gasteiger partial charge in [-0.3, -0.25) is 4.79 Å². The van der Waals surface area contributed by atoms with Gasteiger partial charge in [-0.25, -0.2) is 0 Å². The molecule has 0 aromatic carbocycles. The van der Waals surface area contributed by atoms with Crippen LogP contribution in [0.3, 0.4) is 0 Å². The summed E-state index contributed by atoms with van der Waals surface area (Å²) in [5, 5.41) is 18.2. The maximum absolute atomic E-state index is 10.4. The summed E-state index contributed by atoms with van der Waals surface area (Å²) < 4.78 is 0. The highest BCUT2D eigenvalue weighted by Crippen LogP contribution is 2.44. The largest absolute Gasteiger partial charge is 0.481 e. The lowest BCUT2D eigenvalue weighted by Crippen LogP contribution is -2.01. The summed E-state index contributed by atoms with van der Waals surface area (Å²) in [6.07, 6.45) is 17.3. The Morgan fingerprint density at radius 2 is 1.92 bits per heavy atom. The smallest absolute Gasteiger partial charge is 0.303 e. The molecule has 3 nitrogen and oxygen atoms in total. The molecule has 1 saturated carbocycles. The average Bonchev–Trinajstić information content (AvgIpc) is 3.29. The van der Waals surface area contributed by atoms with Crippen LogP contribution >= 0.6 is 0 Å². The molecule has 0 unspecified atom stereocenters. The summed E-state index contributed by atoms with van der Waals surface area (Å²) in [5.74, 6) is 6.64. The minimum absolute atomic E-state index is 0.259. The Hall–Kier alpha value is -1.53. The van der Waals surface area contributed by atoms with Crippen LogP contribution in [0.2, 0.25) is 0 Å². The minimum Gasteiger partial charge on any atom is -0.481 e. The highest BCUT2D eigenvalue weighted by atomic mass is 16.4. The number of unbranched alkanes of at least 4 members (excludes halogenated alkanes) is 3. The summed E-state index contributed by atoms with van der Waals surface area (Å²) in [5.41, 5.74) is 0. The normalized spacial score (nSPS) is 20.9. The molecule has 2 N–H and O–H groups in total. The van der Waals surface area contributed by atoms with Crippen molar-refractivity contribution in [3.05, 3.63) is 24.3 Å². The predicted molar refractivity (Wildman–Crippen MR) is 98.5 cm³/mol. The standard InChI is InChI=1S/C21H32O3/c1-2-3-7-14-20(22)15-10-6-9-13-19-17-18(19)12-8-4-5-11-16-21(23)24/h4,6,8-9,18-20,22H,2-3,5,7,11-14,16-17H2,1H3,(H,23,24)/b8-4-,9-6-/t18-,19+,20-/m1/s1. The molecule has 0 aliphatic heterocycles. The van der Waals surface area contributed by atoms with Crippen LogP contribution in [0.25, 0.3) is 0 Å². The van der Waals surface area contributed by atoms with Crippen molar-refractivity contribution in [2.24, 2.45) is 11.8 Å². The Bertz CT molecular complexity index is 467. The van der Waals surface area contributed by atoms with Crippen LogP contribution in [0.15, 0.2) is 24.3 Å². The molecular formula is C21H32O3. The van der Waals surface area contributed by atoms with Crippen molar-refractivity contribution in [2.75, 3.05) is 0 Å². The molecule has 3 atom stereocenters. The van der Waals surface area contributed by atoms with E-state index in [0.29, 0.717) is 0 Å². The topological polar surface area (TPSA) is 57.5 Å². The molecule has 24 heavy (non-hydrogen) atoms. The number of rotatable bonds is 12. The van der Waals surface area contributed by atoms with Crippen LogP contribution in [0.4, 0.5) is 0 Å². The van der Waals surface area contributed by atoms with Crippen LogP contribution in [0.5, 0.6) is 0 Å². The Balaban J connectivity index is 2.03. The number of hydrogen-bond donors (Lipinski definition) is 2. The van der Waals surface area contributed by atoms with Gasteiger partial charge < -0.3 is 10.2 Å². The summed E-state index contributed by atoms with van der Waals surface area (Å²) in [7, 11) is 0. The number of aliphatic hydroxyl groups excluding tert-OH is 1. The fraction of sp³-hybridized carbons (Fsp3) is 0.667. The molecule has 1 fully saturated rings. The molecule has 1 rings (SSSR count). The van der Waals surface area contributed by atoms with E-state index >= 15 is 0 Å². The van der Waals surface area contributed by atoms with E-state index in [1.807, 2.05) is 6.08 Å². The molecule has 3 heteroatoms. The third-order valence-corrected chi connectivity index (χ3v) is 4.41. The highest BCUT2D eigenvalue weighted by molar-refractivity contribution is 5.66. The van der Waals surface area contributed by atoms with Gasteiger partial charge in [0.15, 0.2) is 0 Å². The maximum Gasteiger partial charge on any atom is 0.303 e. The second kappa shape index (κ2) is 12.8. The molecule has 0 bridgehead atoms. The van der Waals surface area contributed by atoms with Crippen molar-refractivity contribution in [2.45, 2.75) is 77.2 Å². The van der Waals surface area contributed by atoms with Crippen molar-refractivity contribution >= 4 is 5.97 Å². The maximum atomic E-state index is 10.4. The second-order valence-electron chi connectivity index (χ2n) is 6.69. The Kier molecular flexibility index (Phi) is 11.0. The van der Waals surface area contributed by atoms with Gasteiger partial charge in [-0.1, -0.05) is 49.8 Å². The van der Waals surface area contributed by atoms with Crippen molar-refractivity contribution in [3.63, 3.8) is 0 Å². The third-order valence-electron chi connectivity index (χ3n) is 4.41. The Morgan fingerprint density at radius 3 is 2.62 bits per heavy atom. The van der Waals surface area contributed by atoms with E-state index in [4.69, 9.17) is 5.11 Å². The van der Waals surface area contributed by atoms with Gasteiger partial charge in [-0.15, -0.1) is 0 Å². The van der Waals surface area contributed by atoms with Crippen LogP contribution < -0.4 is 0 Å². The monoisotopic (exact) mass is 332 g/mol. The molecule has 0 aromatic heterocycles. The van der Waals surface area contributed by atoms with Gasteiger partial charge in [0.2, 0.25) is 0 Å². The minimum atomic E-state index is -0.714. The van der Waals surface area contributed by atoms with Gasteiger partial charge in [-0.2, -0.15) is 0 Å². The molecule has 0 radical (unpaired) electrons. The van der Waals surface area contributed by atoms with E-state index < -0.39 is 12.1 Å². The fourth-order valence-electron chi connectivity index (χ4n) is 2.75. The zero-order valence-electron chi connectivity index (χ0n) is 14.9. The number of carboxylic acid groups (broad SMARTS) is 1. The third kappa shape index (κ3) is 11.1. The fourth-order valence-corrected chi connectivity index (χ4v) is 2.75. The highest BCUT2D eigenvalue weighted by Gasteiger charge is 2.34. The number of carbonyl (C=O) groups is 1. The van der Waals surface area contributed by atoms with Gasteiger partial charge in [0.1, 0.15) is 6.10 Å². The zero-order valence-corrected chi connectivity index (χ0v) is 14.9. The van der Waals surface area contributed by atoms with Crippen molar-refractivity contribution in [1.29, 1.82) is 0 Å². The number of aliphatic carboxylic acids is 1. The Labute approximate surface area is 146 Å². The van der Waals surface area contributed by atoms with E-state index in [1.54, 1.807) is 0 Å². The molecule has 1 aliphatic rings. The molecule has 0 spiro atoms. The van der Waals surface area contributed by atoms with Crippen molar-refractivity contribution in [1.82, 2.24) is 0 Å². The van der Waals surface area contributed by atoms with E-state index in [2.05, 4.69) is 37.0 Å². The van der Waals surface area contributed by atoms with Crippen LogP contribution in [-0.4, -0.2) is 22.3 Å². The van der Waals surface area contributed by atoms with E-state index in [9.17, 15) is 9.90 Å². The van der Waals surface area contributed by atoms with Crippen molar-refractivity contribution in [3.8, 4) is 11.8 Å².